The molecule has 3 unspecified atom stereocenters. The quantitative estimate of drug-likeness (QED) is 0.732. The number of nitrogens with two attached hydrogens (primary N) is 1. The molecule has 5 heteroatoms. The zero-order chi connectivity index (χ0) is 15.0. The number of benzene rings is 1. The van der Waals surface area contributed by atoms with E-state index in [-0.39, 0.29) is 12.5 Å². The monoisotopic (exact) mass is 289 g/mol. The Bertz CT molecular complexity index is 559. The maximum atomic E-state index is 11.4. The fraction of sp³-hybridized carbons (Fsp3) is 0.562. The smallest absolute Gasteiger partial charge is 0.262 e. The highest BCUT2D eigenvalue weighted by Crippen LogP contribution is 2.38. The molecule has 3 atom stereocenters. The standard InChI is InChI=1S/C16H23N3O2/c1-9-4-3-5-12(10(9)2)18-13-7-14-15(6-11(13)17)21-8-16(20)19-14/h6-7,9-10,12,18H,3-5,8,17H2,1-2H3,(H,19,20). The molecule has 1 heterocycles. The van der Waals surface area contributed by atoms with Gasteiger partial charge in [0.05, 0.1) is 17.1 Å². The van der Waals surface area contributed by atoms with E-state index in [1.54, 1.807) is 6.07 Å². The Kier molecular flexibility index (Phi) is 3.66. The number of carbonyl (C=O) groups excluding carboxylic acids is 1. The van der Waals surface area contributed by atoms with Crippen LogP contribution in [0.5, 0.6) is 5.75 Å². The highest BCUT2D eigenvalue weighted by molar-refractivity contribution is 5.97. The third kappa shape index (κ3) is 2.77. The minimum atomic E-state index is -0.127. The Balaban J connectivity index is 1.82. The average molecular weight is 289 g/mol. The third-order valence-corrected chi connectivity index (χ3v) is 4.83. The van der Waals surface area contributed by atoms with Crippen LogP contribution < -0.4 is 21.1 Å². The van der Waals surface area contributed by atoms with Crippen LogP contribution in [-0.4, -0.2) is 18.6 Å². The summed E-state index contributed by atoms with van der Waals surface area (Å²) in [6.45, 7) is 4.65. The molecule has 0 saturated heterocycles. The zero-order valence-corrected chi connectivity index (χ0v) is 12.6. The third-order valence-electron chi connectivity index (χ3n) is 4.83. The van der Waals surface area contributed by atoms with E-state index in [2.05, 4.69) is 24.5 Å². The molecule has 5 nitrogen and oxygen atoms in total. The van der Waals surface area contributed by atoms with Gasteiger partial charge in [-0.3, -0.25) is 4.79 Å². The fourth-order valence-corrected chi connectivity index (χ4v) is 3.25. The molecule has 3 rings (SSSR count). The molecule has 0 spiro atoms. The van der Waals surface area contributed by atoms with Crippen LogP contribution >= 0.6 is 0 Å². The maximum Gasteiger partial charge on any atom is 0.262 e. The molecule has 0 aromatic heterocycles. The van der Waals surface area contributed by atoms with Gasteiger partial charge in [-0.05, 0) is 24.3 Å². The minimum absolute atomic E-state index is 0.0520. The molecule has 1 aliphatic carbocycles. The Labute approximate surface area is 125 Å². The molecule has 0 radical (unpaired) electrons. The van der Waals surface area contributed by atoms with Crippen molar-refractivity contribution in [2.45, 2.75) is 39.2 Å². The molecule has 1 aliphatic heterocycles. The van der Waals surface area contributed by atoms with Gasteiger partial charge in [0, 0.05) is 12.1 Å². The van der Waals surface area contributed by atoms with E-state index in [9.17, 15) is 4.79 Å². The summed E-state index contributed by atoms with van der Waals surface area (Å²) in [6.07, 6.45) is 3.70. The number of hydrogen-bond acceptors (Lipinski definition) is 4. The second-order valence-electron chi connectivity index (χ2n) is 6.29. The Morgan fingerprint density at radius 3 is 2.95 bits per heavy atom. The summed E-state index contributed by atoms with van der Waals surface area (Å²) in [5.74, 6) is 1.85. The Hall–Kier alpha value is -1.91. The van der Waals surface area contributed by atoms with Crippen LogP contribution in [0.3, 0.4) is 0 Å². The summed E-state index contributed by atoms with van der Waals surface area (Å²) in [5.41, 5.74) is 8.36. The summed E-state index contributed by atoms with van der Waals surface area (Å²) < 4.78 is 5.38. The summed E-state index contributed by atoms with van der Waals surface area (Å²) in [4.78, 5) is 11.4. The zero-order valence-electron chi connectivity index (χ0n) is 12.6. The van der Waals surface area contributed by atoms with E-state index in [0.29, 0.717) is 29.1 Å². The van der Waals surface area contributed by atoms with Gasteiger partial charge >= 0.3 is 0 Å². The first-order valence-electron chi connectivity index (χ1n) is 7.67. The number of fused-ring (bicyclic) bond motifs is 1. The highest BCUT2D eigenvalue weighted by Gasteiger charge is 2.28. The highest BCUT2D eigenvalue weighted by atomic mass is 16.5. The van der Waals surface area contributed by atoms with Gasteiger partial charge in [-0.1, -0.05) is 26.7 Å². The van der Waals surface area contributed by atoms with Crippen LogP contribution in [-0.2, 0) is 4.79 Å². The normalized spacial score (nSPS) is 28.3. The number of rotatable bonds is 2. The molecule has 1 saturated carbocycles. The van der Waals surface area contributed by atoms with Crippen LogP contribution in [0.4, 0.5) is 17.1 Å². The molecular weight excluding hydrogens is 266 g/mol. The lowest BCUT2D eigenvalue weighted by atomic mass is 9.78. The van der Waals surface area contributed by atoms with Crippen LogP contribution in [0, 0.1) is 11.8 Å². The number of ether oxygens (including phenoxy) is 1. The molecule has 4 N–H and O–H groups in total. The summed E-state index contributed by atoms with van der Waals surface area (Å²) in [7, 11) is 0. The van der Waals surface area contributed by atoms with Gasteiger partial charge in [-0.25, -0.2) is 0 Å². The molecule has 1 fully saturated rings. The molecule has 114 valence electrons. The largest absolute Gasteiger partial charge is 0.482 e. The lowest BCUT2D eigenvalue weighted by molar-refractivity contribution is -0.118. The number of amides is 1. The average Bonchev–Trinajstić information content (AvgIpc) is 2.45. The second kappa shape index (κ2) is 5.47. The van der Waals surface area contributed by atoms with Crippen molar-refractivity contribution in [2.75, 3.05) is 23.0 Å². The lowest BCUT2D eigenvalue weighted by Crippen LogP contribution is -2.35. The number of nitrogen functional groups attached to an aromatic ring is 1. The molecule has 1 aromatic rings. The summed E-state index contributed by atoms with van der Waals surface area (Å²) >= 11 is 0. The molecule has 1 amide bonds. The first-order chi connectivity index (χ1) is 10.0. The Morgan fingerprint density at radius 1 is 1.33 bits per heavy atom. The van der Waals surface area contributed by atoms with Gasteiger partial charge in [-0.15, -0.1) is 0 Å². The summed E-state index contributed by atoms with van der Waals surface area (Å²) in [5, 5.41) is 6.39. The topological polar surface area (TPSA) is 76.4 Å². The van der Waals surface area contributed by atoms with Crippen molar-refractivity contribution in [1.29, 1.82) is 0 Å². The van der Waals surface area contributed by atoms with Crippen molar-refractivity contribution in [2.24, 2.45) is 11.8 Å². The van der Waals surface area contributed by atoms with Crippen LogP contribution in [0.25, 0.3) is 0 Å². The van der Waals surface area contributed by atoms with E-state index in [1.165, 1.54) is 12.8 Å². The van der Waals surface area contributed by atoms with Crippen molar-refractivity contribution in [3.8, 4) is 5.75 Å². The van der Waals surface area contributed by atoms with E-state index in [1.807, 2.05) is 6.07 Å². The van der Waals surface area contributed by atoms with Crippen molar-refractivity contribution in [3.05, 3.63) is 12.1 Å². The van der Waals surface area contributed by atoms with E-state index in [0.717, 1.165) is 18.0 Å². The number of anilines is 3. The van der Waals surface area contributed by atoms with E-state index in [4.69, 9.17) is 10.5 Å². The Morgan fingerprint density at radius 2 is 2.14 bits per heavy atom. The van der Waals surface area contributed by atoms with Crippen LogP contribution in [0.1, 0.15) is 33.1 Å². The number of carbonyl (C=O) groups is 1. The van der Waals surface area contributed by atoms with Crippen LogP contribution in [0.15, 0.2) is 12.1 Å². The second-order valence-corrected chi connectivity index (χ2v) is 6.29. The first kappa shape index (κ1) is 14.0. The molecule has 0 bridgehead atoms. The van der Waals surface area contributed by atoms with Crippen molar-refractivity contribution >= 4 is 23.0 Å². The fourth-order valence-electron chi connectivity index (χ4n) is 3.25. The first-order valence-corrected chi connectivity index (χ1v) is 7.67. The predicted molar refractivity (Wildman–Crippen MR) is 84.6 cm³/mol. The molecule has 21 heavy (non-hydrogen) atoms. The minimum Gasteiger partial charge on any atom is -0.482 e. The van der Waals surface area contributed by atoms with Gasteiger partial charge in [-0.2, -0.15) is 0 Å². The van der Waals surface area contributed by atoms with Crippen molar-refractivity contribution in [3.63, 3.8) is 0 Å². The summed E-state index contributed by atoms with van der Waals surface area (Å²) in [6, 6.07) is 4.09. The SMILES string of the molecule is CC1CCCC(Nc2cc3c(cc2N)OCC(=O)N3)C1C. The van der Waals surface area contributed by atoms with Gasteiger partial charge in [0.25, 0.3) is 5.91 Å². The number of nitrogens with one attached hydrogen (secondary N) is 2. The van der Waals surface area contributed by atoms with Gasteiger partial charge in [0.1, 0.15) is 5.75 Å². The van der Waals surface area contributed by atoms with Gasteiger partial charge < -0.3 is 21.1 Å². The molecular formula is C16H23N3O2. The van der Waals surface area contributed by atoms with E-state index >= 15 is 0 Å². The number of hydrogen-bond donors (Lipinski definition) is 3. The maximum absolute atomic E-state index is 11.4. The van der Waals surface area contributed by atoms with Gasteiger partial charge in [0.15, 0.2) is 6.61 Å². The van der Waals surface area contributed by atoms with Crippen molar-refractivity contribution in [1.82, 2.24) is 0 Å². The predicted octanol–water partition coefficient (Wildman–Crippen LogP) is 2.84. The van der Waals surface area contributed by atoms with Crippen LogP contribution in [0.2, 0.25) is 0 Å². The lowest BCUT2D eigenvalue weighted by Gasteiger charge is -2.35. The molecule has 1 aromatic carbocycles. The molecule has 2 aliphatic rings. The van der Waals surface area contributed by atoms with E-state index < -0.39 is 0 Å². The van der Waals surface area contributed by atoms with Gasteiger partial charge in [0.2, 0.25) is 0 Å². The van der Waals surface area contributed by atoms with Crippen molar-refractivity contribution < 1.29 is 9.53 Å².